The van der Waals surface area contributed by atoms with E-state index < -0.39 is 12.8 Å². The van der Waals surface area contributed by atoms with Crippen molar-refractivity contribution in [1.82, 2.24) is 9.97 Å². The van der Waals surface area contributed by atoms with Crippen LogP contribution in [0.1, 0.15) is 36.8 Å². The van der Waals surface area contributed by atoms with Crippen molar-refractivity contribution in [3.8, 4) is 11.5 Å². The average molecular weight is 459 g/mol. The highest BCUT2D eigenvalue weighted by molar-refractivity contribution is 7.19. The van der Waals surface area contributed by atoms with E-state index in [4.69, 9.17) is 21.1 Å². The number of ether oxygens (including phenoxy) is 2. The number of pyridine rings is 1. The van der Waals surface area contributed by atoms with Crippen LogP contribution in [0.2, 0.25) is 5.02 Å². The Morgan fingerprint density at radius 3 is 2.63 bits per heavy atom. The summed E-state index contributed by atoms with van der Waals surface area (Å²) < 4.78 is 48.4. The van der Waals surface area contributed by atoms with E-state index in [0.29, 0.717) is 16.8 Å². The zero-order valence-corrected chi connectivity index (χ0v) is 18.0. The Hall–Kier alpha value is -2.06. The molecule has 0 unspecified atom stereocenters. The van der Waals surface area contributed by atoms with Gasteiger partial charge in [0.2, 0.25) is 0 Å². The van der Waals surface area contributed by atoms with Crippen molar-refractivity contribution < 1.29 is 22.6 Å². The molecule has 0 atom stereocenters. The first-order valence-corrected chi connectivity index (χ1v) is 10.9. The van der Waals surface area contributed by atoms with Crippen LogP contribution in [0.25, 0.3) is 10.2 Å². The predicted molar refractivity (Wildman–Crippen MR) is 113 cm³/mol. The molecule has 3 aromatic rings. The van der Waals surface area contributed by atoms with Crippen LogP contribution in [0, 0.1) is 0 Å². The number of aryl methyl sites for hydroxylation is 2. The summed E-state index contributed by atoms with van der Waals surface area (Å²) in [7, 11) is 0. The van der Waals surface area contributed by atoms with Crippen molar-refractivity contribution in [2.45, 2.75) is 45.2 Å². The highest BCUT2D eigenvalue weighted by atomic mass is 35.5. The molecule has 30 heavy (non-hydrogen) atoms. The van der Waals surface area contributed by atoms with Gasteiger partial charge in [0.05, 0.1) is 21.8 Å². The van der Waals surface area contributed by atoms with Gasteiger partial charge in [0.1, 0.15) is 16.5 Å². The van der Waals surface area contributed by atoms with Crippen molar-refractivity contribution >= 4 is 33.2 Å². The van der Waals surface area contributed by atoms with Crippen LogP contribution in [0.5, 0.6) is 11.5 Å². The lowest BCUT2D eigenvalue weighted by molar-refractivity contribution is -0.153. The maximum Gasteiger partial charge on any atom is 0.422 e. The van der Waals surface area contributed by atoms with Crippen LogP contribution in [0.3, 0.4) is 0 Å². The van der Waals surface area contributed by atoms with Crippen molar-refractivity contribution in [2.75, 3.05) is 13.2 Å². The number of hydrogen-bond donors (Lipinski definition) is 0. The fraction of sp³-hybridized carbons (Fsp3) is 0.429. The van der Waals surface area contributed by atoms with E-state index in [1.54, 1.807) is 12.3 Å². The molecule has 0 fully saturated rings. The Labute approximate surface area is 182 Å². The zero-order valence-electron chi connectivity index (χ0n) is 16.5. The number of unbranched alkanes of at least 4 members (excludes halogenated alkanes) is 1. The van der Waals surface area contributed by atoms with E-state index in [-0.39, 0.29) is 10.8 Å². The molecular weight excluding hydrogens is 437 g/mol. The van der Waals surface area contributed by atoms with Gasteiger partial charge in [-0.15, -0.1) is 11.3 Å². The van der Waals surface area contributed by atoms with Gasteiger partial charge in [-0.2, -0.15) is 13.2 Å². The second-order valence-electron chi connectivity index (χ2n) is 6.78. The summed E-state index contributed by atoms with van der Waals surface area (Å²) in [6.07, 6.45) is 3.58. The Morgan fingerprint density at radius 1 is 1.07 bits per heavy atom. The van der Waals surface area contributed by atoms with E-state index in [9.17, 15) is 13.2 Å². The molecule has 1 aromatic carbocycles. The number of hydrogen-bond acceptors (Lipinski definition) is 5. The van der Waals surface area contributed by atoms with E-state index >= 15 is 0 Å². The molecule has 0 saturated heterocycles. The average Bonchev–Trinajstić information content (AvgIpc) is 3.13. The second kappa shape index (κ2) is 10.3. The first-order chi connectivity index (χ1) is 14.4. The normalized spacial score (nSPS) is 11.8. The third kappa shape index (κ3) is 6.22. The van der Waals surface area contributed by atoms with E-state index in [2.05, 4.69) is 16.9 Å². The third-order valence-corrected chi connectivity index (χ3v) is 5.94. The number of fused-ring (bicyclic) bond motifs is 1. The van der Waals surface area contributed by atoms with Crippen molar-refractivity contribution in [3.63, 3.8) is 0 Å². The fourth-order valence-electron chi connectivity index (χ4n) is 2.91. The van der Waals surface area contributed by atoms with Gasteiger partial charge in [-0.05, 0) is 50.3 Å². The quantitative estimate of drug-likeness (QED) is 0.319. The molecule has 0 N–H and O–H groups in total. The molecule has 0 bridgehead atoms. The highest BCUT2D eigenvalue weighted by Gasteiger charge is 2.29. The number of halogens is 4. The van der Waals surface area contributed by atoms with Crippen LogP contribution in [-0.2, 0) is 12.8 Å². The first-order valence-electron chi connectivity index (χ1n) is 9.70. The van der Waals surface area contributed by atoms with Gasteiger partial charge >= 0.3 is 6.18 Å². The van der Waals surface area contributed by atoms with Crippen LogP contribution in [0.4, 0.5) is 13.2 Å². The molecule has 0 aliphatic heterocycles. The molecule has 162 valence electrons. The minimum Gasteiger partial charge on any atom is -0.493 e. The molecule has 0 aliphatic rings. The number of thiazole rings is 1. The largest absolute Gasteiger partial charge is 0.493 e. The number of aromatic nitrogens is 2. The van der Waals surface area contributed by atoms with E-state index in [0.717, 1.165) is 48.4 Å². The molecule has 0 spiro atoms. The molecule has 2 heterocycles. The summed E-state index contributed by atoms with van der Waals surface area (Å²) in [5, 5.41) is 1.07. The molecule has 9 heteroatoms. The summed E-state index contributed by atoms with van der Waals surface area (Å²) in [5.74, 6) is 0.901. The number of rotatable bonds is 10. The molecule has 3 rings (SSSR count). The maximum atomic E-state index is 12.4. The molecule has 0 saturated carbocycles. The fourth-order valence-corrected chi connectivity index (χ4v) is 4.28. The molecule has 0 radical (unpaired) electrons. The third-order valence-electron chi connectivity index (χ3n) is 4.30. The summed E-state index contributed by atoms with van der Waals surface area (Å²) in [6, 6.07) is 4.96. The smallest absolute Gasteiger partial charge is 0.422 e. The summed E-state index contributed by atoms with van der Waals surface area (Å²) in [4.78, 5) is 8.73. The predicted octanol–water partition coefficient (Wildman–Crippen LogP) is 6.64. The summed E-state index contributed by atoms with van der Waals surface area (Å²) >= 11 is 7.63. The lowest BCUT2D eigenvalue weighted by Crippen LogP contribution is -2.19. The Bertz CT molecular complexity index is 979. The lowest BCUT2D eigenvalue weighted by Gasteiger charge is -2.10. The maximum absolute atomic E-state index is 12.4. The van der Waals surface area contributed by atoms with Gasteiger partial charge < -0.3 is 9.47 Å². The minimum absolute atomic E-state index is 0.0212. The molecule has 2 aromatic heterocycles. The van der Waals surface area contributed by atoms with Gasteiger partial charge in [0.25, 0.3) is 0 Å². The van der Waals surface area contributed by atoms with Crippen molar-refractivity contribution in [2.24, 2.45) is 0 Å². The second-order valence-corrected chi connectivity index (χ2v) is 8.24. The number of alkyl halides is 3. The van der Waals surface area contributed by atoms with Crippen LogP contribution in [0.15, 0.2) is 30.6 Å². The minimum atomic E-state index is -4.41. The Balaban J connectivity index is 1.57. The monoisotopic (exact) mass is 458 g/mol. The van der Waals surface area contributed by atoms with Gasteiger partial charge in [-0.3, -0.25) is 4.98 Å². The molecular formula is C21H22ClF3N2O2S. The van der Waals surface area contributed by atoms with E-state index in [1.165, 1.54) is 17.4 Å². The first kappa shape index (κ1) is 22.6. The van der Waals surface area contributed by atoms with Crippen LogP contribution < -0.4 is 9.47 Å². The van der Waals surface area contributed by atoms with Gasteiger partial charge in [-0.25, -0.2) is 4.98 Å². The molecule has 0 aliphatic carbocycles. The molecule has 0 amide bonds. The number of benzene rings is 1. The summed E-state index contributed by atoms with van der Waals surface area (Å²) in [6.45, 7) is 1.37. The molecule has 4 nitrogen and oxygen atoms in total. The zero-order chi connectivity index (χ0) is 21.6. The van der Waals surface area contributed by atoms with E-state index in [1.807, 2.05) is 12.3 Å². The summed E-state index contributed by atoms with van der Waals surface area (Å²) in [5.41, 5.74) is 1.76. The number of nitrogens with zero attached hydrogens (tertiary/aromatic N) is 2. The highest BCUT2D eigenvalue weighted by Crippen LogP contribution is 2.37. The lowest BCUT2D eigenvalue weighted by atomic mass is 10.1. The van der Waals surface area contributed by atoms with Gasteiger partial charge in [0.15, 0.2) is 6.61 Å². The standard InChI is InChI=1S/C21H22ClF3N2O2S/c1-2-11-28-16-9-10-26-12-14(16)5-3-4-6-18-27-15-7-8-17(19(22)20(15)30-18)29-13-21(23,24)25/h7-10,12H,2-6,11,13H2,1H3. The van der Waals surface area contributed by atoms with Crippen molar-refractivity contribution in [1.29, 1.82) is 0 Å². The van der Waals surface area contributed by atoms with Crippen molar-refractivity contribution in [3.05, 3.63) is 46.2 Å². The Kier molecular flexibility index (Phi) is 7.77. The topological polar surface area (TPSA) is 44.2 Å². The van der Waals surface area contributed by atoms with Gasteiger partial charge in [-0.1, -0.05) is 18.5 Å². The SMILES string of the molecule is CCCOc1ccncc1CCCCc1nc2ccc(OCC(F)(F)F)c(Cl)c2s1. The van der Waals surface area contributed by atoms with Crippen LogP contribution in [-0.4, -0.2) is 29.4 Å². The Morgan fingerprint density at radius 2 is 1.87 bits per heavy atom. The van der Waals surface area contributed by atoms with Gasteiger partial charge in [0, 0.05) is 18.0 Å². The van der Waals surface area contributed by atoms with Crippen LogP contribution >= 0.6 is 22.9 Å².